The molecule has 1 amide bonds. The lowest BCUT2D eigenvalue weighted by Gasteiger charge is -2.14. The van der Waals surface area contributed by atoms with E-state index in [1.807, 2.05) is 37.3 Å². The minimum absolute atomic E-state index is 0.103. The number of nitrogens with one attached hydrogen (secondary N) is 1. The summed E-state index contributed by atoms with van der Waals surface area (Å²) in [6, 6.07) is 16.6. The highest BCUT2D eigenvalue weighted by Gasteiger charge is 2.15. The fourth-order valence-corrected chi connectivity index (χ4v) is 3.21. The quantitative estimate of drug-likeness (QED) is 0.611. The van der Waals surface area contributed by atoms with Gasteiger partial charge in [0.2, 0.25) is 5.91 Å². The van der Waals surface area contributed by atoms with Crippen LogP contribution in [0.2, 0.25) is 0 Å². The van der Waals surface area contributed by atoms with Crippen LogP contribution < -0.4 is 16.6 Å². The summed E-state index contributed by atoms with van der Waals surface area (Å²) < 4.78 is 2.62. The van der Waals surface area contributed by atoms with E-state index in [9.17, 15) is 14.4 Å². The van der Waals surface area contributed by atoms with Crippen LogP contribution in [-0.4, -0.2) is 21.6 Å². The smallest absolute Gasteiger partial charge is 0.331 e. The Morgan fingerprint density at radius 3 is 2.43 bits per heavy atom. The van der Waals surface area contributed by atoms with Crippen molar-refractivity contribution in [1.29, 1.82) is 0 Å². The fourth-order valence-electron chi connectivity index (χ4n) is 3.21. The maximum Gasteiger partial charge on any atom is 0.331 e. The molecule has 1 N–H and O–H groups in total. The number of aryl methyl sites for hydroxylation is 1. The summed E-state index contributed by atoms with van der Waals surface area (Å²) >= 11 is 0. The van der Waals surface area contributed by atoms with Gasteiger partial charge >= 0.3 is 5.69 Å². The molecule has 0 aliphatic rings. The van der Waals surface area contributed by atoms with Crippen molar-refractivity contribution in [3.8, 4) is 0 Å². The Morgan fingerprint density at radius 2 is 1.68 bits per heavy atom. The predicted molar refractivity (Wildman–Crippen MR) is 111 cm³/mol. The van der Waals surface area contributed by atoms with Gasteiger partial charge in [0.05, 0.1) is 10.9 Å². The molecular weight excluding hydrogens is 354 g/mol. The van der Waals surface area contributed by atoms with Crippen LogP contribution in [0.15, 0.2) is 64.2 Å². The van der Waals surface area contributed by atoms with Gasteiger partial charge in [-0.3, -0.25) is 18.7 Å². The van der Waals surface area contributed by atoms with Gasteiger partial charge in [0.1, 0.15) is 6.54 Å². The Bertz CT molecular complexity index is 1070. The summed E-state index contributed by atoms with van der Waals surface area (Å²) in [6.07, 6.45) is 2.43. The van der Waals surface area contributed by atoms with E-state index in [4.69, 9.17) is 0 Å². The fraction of sp³-hybridized carbons (Fsp3) is 0.318. The van der Waals surface area contributed by atoms with Gasteiger partial charge in [-0.1, -0.05) is 55.8 Å². The minimum atomic E-state index is -0.453. The SMILES string of the molecule is CCCCNC(=O)Cn1c(=O)n(CCc2ccccc2)c(=O)c2ccccc21. The first kappa shape index (κ1) is 19.6. The molecule has 0 atom stereocenters. The lowest BCUT2D eigenvalue weighted by atomic mass is 10.1. The molecule has 6 nitrogen and oxygen atoms in total. The number of amides is 1. The van der Waals surface area contributed by atoms with E-state index >= 15 is 0 Å². The monoisotopic (exact) mass is 379 g/mol. The molecular formula is C22H25N3O3. The maximum atomic E-state index is 13.0. The number of aromatic nitrogens is 2. The molecule has 0 fully saturated rings. The van der Waals surface area contributed by atoms with E-state index in [1.54, 1.807) is 24.3 Å². The number of fused-ring (bicyclic) bond motifs is 1. The molecule has 3 aromatic rings. The van der Waals surface area contributed by atoms with Crippen molar-refractivity contribution in [2.75, 3.05) is 6.54 Å². The first-order chi connectivity index (χ1) is 13.6. The van der Waals surface area contributed by atoms with Gasteiger partial charge in [0.25, 0.3) is 5.56 Å². The van der Waals surface area contributed by atoms with E-state index < -0.39 is 5.69 Å². The molecule has 146 valence electrons. The van der Waals surface area contributed by atoms with Crippen molar-refractivity contribution >= 4 is 16.8 Å². The first-order valence-electron chi connectivity index (χ1n) is 9.65. The highest BCUT2D eigenvalue weighted by molar-refractivity contribution is 5.81. The highest BCUT2D eigenvalue weighted by Crippen LogP contribution is 2.08. The van der Waals surface area contributed by atoms with Crippen LogP contribution in [0, 0.1) is 0 Å². The van der Waals surface area contributed by atoms with Crippen molar-refractivity contribution in [3.63, 3.8) is 0 Å². The molecule has 0 saturated heterocycles. The third kappa shape index (κ3) is 4.39. The molecule has 0 saturated carbocycles. The number of unbranched alkanes of at least 4 members (excludes halogenated alkanes) is 1. The van der Waals surface area contributed by atoms with Gasteiger partial charge in [-0.25, -0.2) is 4.79 Å². The van der Waals surface area contributed by atoms with Crippen LogP contribution in [0.1, 0.15) is 25.3 Å². The second-order valence-electron chi connectivity index (χ2n) is 6.78. The summed E-state index contributed by atoms with van der Waals surface area (Å²) in [5, 5.41) is 3.27. The van der Waals surface area contributed by atoms with Gasteiger partial charge < -0.3 is 5.32 Å². The Labute approximate surface area is 163 Å². The molecule has 1 aromatic heterocycles. The van der Waals surface area contributed by atoms with Crippen LogP contribution in [0.25, 0.3) is 10.9 Å². The Morgan fingerprint density at radius 1 is 0.964 bits per heavy atom. The summed E-state index contributed by atoms with van der Waals surface area (Å²) in [5.41, 5.74) is 0.759. The number of hydrogen-bond donors (Lipinski definition) is 1. The average molecular weight is 379 g/mol. The Hall–Kier alpha value is -3.15. The van der Waals surface area contributed by atoms with Gasteiger partial charge in [-0.2, -0.15) is 0 Å². The zero-order valence-corrected chi connectivity index (χ0v) is 16.1. The zero-order chi connectivity index (χ0) is 19.9. The number of rotatable bonds is 8. The van der Waals surface area contributed by atoms with E-state index in [2.05, 4.69) is 5.32 Å². The molecule has 0 bridgehead atoms. The Kier molecular flexibility index (Phi) is 6.42. The van der Waals surface area contributed by atoms with Gasteiger partial charge in [0, 0.05) is 13.1 Å². The van der Waals surface area contributed by atoms with Gasteiger partial charge in [-0.05, 0) is 30.5 Å². The molecule has 0 radical (unpaired) electrons. The maximum absolute atomic E-state index is 13.0. The van der Waals surface area contributed by atoms with Crippen molar-refractivity contribution < 1.29 is 4.79 Å². The van der Waals surface area contributed by atoms with Crippen LogP contribution in [0.4, 0.5) is 0 Å². The number of hydrogen-bond acceptors (Lipinski definition) is 3. The zero-order valence-electron chi connectivity index (χ0n) is 16.1. The summed E-state index contributed by atoms with van der Waals surface area (Å²) in [7, 11) is 0. The number of carbonyl (C=O) groups excluding carboxylic acids is 1. The lowest BCUT2D eigenvalue weighted by molar-refractivity contribution is -0.121. The molecule has 1 heterocycles. The number of nitrogens with zero attached hydrogens (tertiary/aromatic N) is 2. The predicted octanol–water partition coefficient (Wildman–Crippen LogP) is 2.32. The van der Waals surface area contributed by atoms with Crippen molar-refractivity contribution in [2.24, 2.45) is 0 Å². The van der Waals surface area contributed by atoms with Gasteiger partial charge in [0.15, 0.2) is 0 Å². The molecule has 0 aliphatic heterocycles. The highest BCUT2D eigenvalue weighted by atomic mass is 16.2. The van der Waals surface area contributed by atoms with E-state index in [0.29, 0.717) is 23.9 Å². The topological polar surface area (TPSA) is 73.1 Å². The first-order valence-corrected chi connectivity index (χ1v) is 9.65. The van der Waals surface area contributed by atoms with Crippen LogP contribution in [0.3, 0.4) is 0 Å². The number of para-hydroxylation sites is 1. The third-order valence-corrected chi connectivity index (χ3v) is 4.75. The second-order valence-corrected chi connectivity index (χ2v) is 6.78. The lowest BCUT2D eigenvalue weighted by Crippen LogP contribution is -2.43. The van der Waals surface area contributed by atoms with Crippen molar-refractivity contribution in [3.05, 3.63) is 81.0 Å². The number of carbonyl (C=O) groups is 1. The average Bonchev–Trinajstić information content (AvgIpc) is 2.72. The van der Waals surface area contributed by atoms with Crippen LogP contribution >= 0.6 is 0 Å². The molecule has 0 spiro atoms. The molecule has 2 aromatic carbocycles. The summed E-state index contributed by atoms with van der Waals surface area (Å²) in [5.74, 6) is -0.228. The molecule has 28 heavy (non-hydrogen) atoms. The third-order valence-electron chi connectivity index (χ3n) is 4.75. The second kappa shape index (κ2) is 9.17. The largest absolute Gasteiger partial charge is 0.355 e. The Balaban J connectivity index is 1.96. The number of benzene rings is 2. The van der Waals surface area contributed by atoms with Crippen molar-refractivity contribution in [1.82, 2.24) is 14.5 Å². The molecule has 6 heteroatoms. The van der Waals surface area contributed by atoms with E-state index in [-0.39, 0.29) is 24.6 Å². The van der Waals surface area contributed by atoms with E-state index in [0.717, 1.165) is 18.4 Å². The minimum Gasteiger partial charge on any atom is -0.355 e. The molecule has 0 aliphatic carbocycles. The normalized spacial score (nSPS) is 10.9. The van der Waals surface area contributed by atoms with E-state index in [1.165, 1.54) is 9.13 Å². The standard InChI is InChI=1S/C22H25N3O3/c1-2-3-14-23-20(26)16-25-19-12-8-7-11-18(19)21(27)24(22(25)28)15-13-17-9-5-4-6-10-17/h4-12H,2-3,13-16H2,1H3,(H,23,26). The molecule has 0 unspecified atom stereocenters. The molecule has 3 rings (SSSR count). The van der Waals surface area contributed by atoms with Gasteiger partial charge in [-0.15, -0.1) is 0 Å². The summed E-state index contributed by atoms with van der Waals surface area (Å²) in [6.45, 7) is 2.79. The van der Waals surface area contributed by atoms with Crippen LogP contribution in [-0.2, 0) is 24.3 Å². The van der Waals surface area contributed by atoms with Crippen LogP contribution in [0.5, 0.6) is 0 Å². The summed E-state index contributed by atoms with van der Waals surface area (Å²) in [4.78, 5) is 38.2. The van der Waals surface area contributed by atoms with Crippen molar-refractivity contribution in [2.45, 2.75) is 39.3 Å².